The van der Waals surface area contributed by atoms with Crippen LogP contribution in [0.5, 0.6) is 0 Å². The molecule has 4 heteroatoms. The molecule has 1 heterocycles. The van der Waals surface area contributed by atoms with Crippen LogP contribution in [0.15, 0.2) is 0 Å². The highest BCUT2D eigenvalue weighted by molar-refractivity contribution is 4.82. The van der Waals surface area contributed by atoms with Crippen molar-refractivity contribution in [3.63, 3.8) is 0 Å². The third-order valence-electron chi connectivity index (χ3n) is 2.65. The maximum atomic E-state index is 9.80. The average Bonchev–Trinajstić information content (AvgIpc) is 2.19. The highest BCUT2D eigenvalue weighted by Gasteiger charge is 2.35. The first-order valence-electron chi connectivity index (χ1n) is 5.19. The molecule has 0 aromatic rings. The van der Waals surface area contributed by atoms with E-state index in [-0.39, 0.29) is 18.3 Å². The maximum Gasteiger partial charge on any atom is 0.155 e. The van der Waals surface area contributed by atoms with E-state index in [9.17, 15) is 10.2 Å². The van der Waals surface area contributed by atoms with Crippen LogP contribution in [0.3, 0.4) is 0 Å². The number of rotatable bonds is 3. The Labute approximate surface area is 84.8 Å². The van der Waals surface area contributed by atoms with Crippen molar-refractivity contribution >= 4 is 0 Å². The number of hydrogen-bond donors (Lipinski definition) is 2. The normalized spacial score (nSPS) is 37.9. The van der Waals surface area contributed by atoms with Crippen molar-refractivity contribution < 1.29 is 19.7 Å². The monoisotopic (exact) mass is 204 g/mol. The van der Waals surface area contributed by atoms with E-state index >= 15 is 0 Å². The lowest BCUT2D eigenvalue weighted by Gasteiger charge is -2.37. The van der Waals surface area contributed by atoms with Crippen LogP contribution in [0, 0.1) is 5.92 Å². The van der Waals surface area contributed by atoms with Crippen LogP contribution < -0.4 is 0 Å². The molecule has 1 saturated heterocycles. The van der Waals surface area contributed by atoms with Crippen LogP contribution in [0.4, 0.5) is 0 Å². The molecule has 1 aliphatic heterocycles. The number of aliphatic hydroxyl groups is 2. The predicted octanol–water partition coefficient (Wildman–Crippen LogP) is 0.516. The van der Waals surface area contributed by atoms with Crippen LogP contribution >= 0.6 is 0 Å². The fourth-order valence-electron chi connectivity index (χ4n) is 1.65. The maximum absolute atomic E-state index is 9.80. The van der Waals surface area contributed by atoms with Crippen molar-refractivity contribution in [1.29, 1.82) is 0 Å². The Bertz CT molecular complexity index is 174. The Morgan fingerprint density at radius 1 is 1.36 bits per heavy atom. The Balaban J connectivity index is 2.55. The van der Waals surface area contributed by atoms with Crippen LogP contribution in [-0.4, -0.2) is 41.4 Å². The zero-order valence-corrected chi connectivity index (χ0v) is 9.01. The second kappa shape index (κ2) is 5.07. The predicted molar refractivity (Wildman–Crippen MR) is 51.8 cm³/mol. The van der Waals surface area contributed by atoms with Gasteiger partial charge < -0.3 is 19.7 Å². The van der Waals surface area contributed by atoms with E-state index in [1.807, 2.05) is 13.8 Å². The summed E-state index contributed by atoms with van der Waals surface area (Å²) in [6, 6.07) is 0. The lowest BCUT2D eigenvalue weighted by Crippen LogP contribution is -2.48. The topological polar surface area (TPSA) is 58.9 Å². The van der Waals surface area contributed by atoms with Crippen molar-refractivity contribution in [2.75, 3.05) is 6.61 Å². The molecule has 14 heavy (non-hydrogen) atoms. The van der Waals surface area contributed by atoms with Gasteiger partial charge in [-0.15, -0.1) is 0 Å². The quantitative estimate of drug-likeness (QED) is 0.703. The van der Waals surface area contributed by atoms with E-state index < -0.39 is 12.2 Å². The first-order valence-corrected chi connectivity index (χ1v) is 5.19. The third kappa shape index (κ3) is 2.67. The van der Waals surface area contributed by atoms with Crippen molar-refractivity contribution in [3.05, 3.63) is 0 Å². The minimum absolute atomic E-state index is 0.113. The Hall–Kier alpha value is -0.160. The summed E-state index contributed by atoms with van der Waals surface area (Å²) in [6.07, 6.45) is -1.62. The van der Waals surface area contributed by atoms with Crippen LogP contribution in [0.2, 0.25) is 0 Å². The van der Waals surface area contributed by atoms with Crippen molar-refractivity contribution in [2.24, 2.45) is 5.92 Å². The van der Waals surface area contributed by atoms with Crippen LogP contribution in [-0.2, 0) is 9.47 Å². The molecule has 1 fully saturated rings. The summed E-state index contributed by atoms with van der Waals surface area (Å²) in [6.45, 7) is 6.15. The van der Waals surface area contributed by atoms with E-state index in [0.717, 1.165) is 0 Å². The average molecular weight is 204 g/mol. The van der Waals surface area contributed by atoms with E-state index in [2.05, 4.69) is 0 Å². The van der Waals surface area contributed by atoms with Gasteiger partial charge in [0, 0.05) is 5.92 Å². The summed E-state index contributed by atoms with van der Waals surface area (Å²) in [5.41, 5.74) is 0. The smallest absolute Gasteiger partial charge is 0.155 e. The molecule has 0 radical (unpaired) electrons. The Morgan fingerprint density at radius 3 is 2.57 bits per heavy atom. The summed E-state index contributed by atoms with van der Waals surface area (Å²) >= 11 is 0. The van der Waals surface area contributed by atoms with Gasteiger partial charge in [0.05, 0.1) is 18.8 Å². The minimum Gasteiger partial charge on any atom is -0.390 e. The second-order valence-corrected chi connectivity index (χ2v) is 3.95. The lowest BCUT2D eigenvalue weighted by molar-refractivity contribution is -0.255. The van der Waals surface area contributed by atoms with Crippen molar-refractivity contribution in [2.45, 2.75) is 51.8 Å². The van der Waals surface area contributed by atoms with Gasteiger partial charge in [-0.3, -0.25) is 0 Å². The number of aliphatic hydroxyl groups excluding tert-OH is 2. The molecule has 0 amide bonds. The van der Waals surface area contributed by atoms with E-state index in [1.54, 1.807) is 6.92 Å². The van der Waals surface area contributed by atoms with E-state index in [0.29, 0.717) is 13.0 Å². The van der Waals surface area contributed by atoms with E-state index in [4.69, 9.17) is 9.47 Å². The molecule has 0 aromatic heterocycles. The first-order chi connectivity index (χ1) is 6.56. The molecule has 84 valence electrons. The van der Waals surface area contributed by atoms with Gasteiger partial charge in [-0.25, -0.2) is 0 Å². The largest absolute Gasteiger partial charge is 0.390 e. The highest BCUT2D eigenvalue weighted by atomic mass is 16.7. The van der Waals surface area contributed by atoms with Gasteiger partial charge in [0.25, 0.3) is 0 Å². The fraction of sp³-hybridized carbons (Fsp3) is 1.00. The second-order valence-electron chi connectivity index (χ2n) is 3.95. The van der Waals surface area contributed by atoms with Gasteiger partial charge in [-0.1, -0.05) is 13.8 Å². The van der Waals surface area contributed by atoms with Gasteiger partial charge in [0.2, 0.25) is 0 Å². The molecule has 0 aliphatic carbocycles. The molecule has 4 nitrogen and oxygen atoms in total. The number of ether oxygens (including phenoxy) is 2. The lowest BCUT2D eigenvalue weighted by atomic mass is 9.95. The summed E-state index contributed by atoms with van der Waals surface area (Å²) in [5.74, 6) is 0.113. The molecule has 0 saturated carbocycles. The molecular formula is C10H20O4. The SMILES string of the molecule is CC[C@H](O)[C@@H](O)[C@@H]1O[C@H](C)OC[C@H]1C. The van der Waals surface area contributed by atoms with Gasteiger partial charge >= 0.3 is 0 Å². The molecule has 5 atom stereocenters. The Kier molecular flexibility index (Phi) is 4.31. The minimum atomic E-state index is -0.818. The zero-order valence-electron chi connectivity index (χ0n) is 9.01. The van der Waals surface area contributed by atoms with Crippen molar-refractivity contribution in [3.8, 4) is 0 Å². The highest BCUT2D eigenvalue weighted by Crippen LogP contribution is 2.23. The molecule has 2 N–H and O–H groups in total. The zero-order chi connectivity index (χ0) is 10.7. The first kappa shape index (κ1) is 11.9. The molecular weight excluding hydrogens is 184 g/mol. The van der Waals surface area contributed by atoms with Crippen LogP contribution in [0.25, 0.3) is 0 Å². The van der Waals surface area contributed by atoms with Gasteiger partial charge in [-0.2, -0.15) is 0 Å². The van der Waals surface area contributed by atoms with Gasteiger partial charge in [0.1, 0.15) is 6.10 Å². The van der Waals surface area contributed by atoms with Gasteiger partial charge in [0.15, 0.2) is 6.29 Å². The standard InChI is InChI=1S/C10H20O4/c1-4-8(11)9(12)10-6(2)5-13-7(3)14-10/h6-12H,4-5H2,1-3H3/t6-,7-,8+,9-,10-/m1/s1. The molecule has 0 spiro atoms. The number of hydrogen-bond acceptors (Lipinski definition) is 4. The molecule has 0 aromatic carbocycles. The third-order valence-corrected chi connectivity index (χ3v) is 2.65. The summed E-state index contributed by atoms with van der Waals surface area (Å²) in [5, 5.41) is 19.3. The van der Waals surface area contributed by atoms with E-state index in [1.165, 1.54) is 0 Å². The molecule has 1 rings (SSSR count). The fourth-order valence-corrected chi connectivity index (χ4v) is 1.65. The van der Waals surface area contributed by atoms with Crippen LogP contribution in [0.1, 0.15) is 27.2 Å². The summed E-state index contributed by atoms with van der Waals surface area (Å²) in [4.78, 5) is 0. The van der Waals surface area contributed by atoms with Crippen molar-refractivity contribution in [1.82, 2.24) is 0 Å². The Morgan fingerprint density at radius 2 is 2.00 bits per heavy atom. The molecule has 0 bridgehead atoms. The van der Waals surface area contributed by atoms with Gasteiger partial charge in [-0.05, 0) is 13.3 Å². The molecule has 0 unspecified atom stereocenters. The summed E-state index contributed by atoms with van der Waals surface area (Å²) < 4.78 is 10.7. The molecule has 1 aliphatic rings. The summed E-state index contributed by atoms with van der Waals surface area (Å²) in [7, 11) is 0.